The third-order valence-corrected chi connectivity index (χ3v) is 3.79. The van der Waals surface area contributed by atoms with E-state index in [9.17, 15) is 4.79 Å². The summed E-state index contributed by atoms with van der Waals surface area (Å²) in [4.78, 5) is 16.5. The molecular weight excluding hydrogens is 238 g/mol. The quantitative estimate of drug-likeness (QED) is 0.779. The van der Waals surface area contributed by atoms with Crippen LogP contribution in [0.5, 0.6) is 0 Å². The van der Waals surface area contributed by atoms with Gasteiger partial charge in [-0.2, -0.15) is 0 Å². The predicted octanol–water partition coefficient (Wildman–Crippen LogP) is 3.68. The Morgan fingerprint density at radius 3 is 2.37 bits per heavy atom. The maximum atomic E-state index is 12.2. The van der Waals surface area contributed by atoms with E-state index in [0.717, 1.165) is 29.8 Å². The summed E-state index contributed by atoms with van der Waals surface area (Å²) in [5.41, 5.74) is 2.91. The topological polar surface area (TPSA) is 39.2 Å². The van der Waals surface area contributed by atoms with Crippen molar-refractivity contribution in [2.45, 2.75) is 64.9 Å². The zero-order chi connectivity index (χ0) is 13.8. The summed E-state index contributed by atoms with van der Waals surface area (Å²) in [6.07, 6.45) is 5.80. The zero-order valence-corrected chi connectivity index (χ0v) is 12.1. The molecule has 0 amide bonds. The molecule has 1 unspecified atom stereocenters. The van der Waals surface area contributed by atoms with Gasteiger partial charge >= 0.3 is 5.97 Å². The van der Waals surface area contributed by atoms with E-state index in [-0.39, 0.29) is 18.0 Å². The first-order valence-electron chi connectivity index (χ1n) is 7.22. The lowest BCUT2D eigenvalue weighted by Crippen LogP contribution is -2.24. The van der Waals surface area contributed by atoms with E-state index in [2.05, 4.69) is 4.98 Å². The highest BCUT2D eigenvalue weighted by atomic mass is 16.5. The molecule has 3 heteroatoms. The lowest BCUT2D eigenvalue weighted by molar-refractivity contribution is -0.151. The fourth-order valence-electron chi connectivity index (χ4n) is 2.70. The maximum absolute atomic E-state index is 12.2. The molecule has 1 saturated carbocycles. The van der Waals surface area contributed by atoms with Gasteiger partial charge in [-0.3, -0.25) is 9.78 Å². The molecule has 0 N–H and O–H groups in total. The van der Waals surface area contributed by atoms with Crippen molar-refractivity contribution in [3.8, 4) is 0 Å². The van der Waals surface area contributed by atoms with Crippen LogP contribution in [-0.4, -0.2) is 17.1 Å². The Hall–Kier alpha value is -1.38. The number of rotatable bonds is 3. The van der Waals surface area contributed by atoms with E-state index >= 15 is 0 Å². The highest BCUT2D eigenvalue weighted by molar-refractivity contribution is 5.77. The predicted molar refractivity (Wildman–Crippen MR) is 75.1 cm³/mol. The van der Waals surface area contributed by atoms with E-state index < -0.39 is 0 Å². The first kappa shape index (κ1) is 14.0. The Kier molecular flexibility index (Phi) is 4.56. The average Bonchev–Trinajstić information content (AvgIpc) is 2.37. The van der Waals surface area contributed by atoms with Crippen molar-refractivity contribution in [2.24, 2.45) is 0 Å². The van der Waals surface area contributed by atoms with Crippen LogP contribution in [0.2, 0.25) is 0 Å². The number of carbonyl (C=O) groups excluding carboxylic acids is 1. The van der Waals surface area contributed by atoms with Crippen LogP contribution in [-0.2, 0) is 9.53 Å². The molecule has 1 heterocycles. The van der Waals surface area contributed by atoms with E-state index in [0.29, 0.717) is 0 Å². The van der Waals surface area contributed by atoms with E-state index in [1.165, 1.54) is 19.3 Å². The molecule has 0 bridgehead atoms. The van der Waals surface area contributed by atoms with Gasteiger partial charge in [-0.05, 0) is 64.2 Å². The zero-order valence-electron chi connectivity index (χ0n) is 12.1. The van der Waals surface area contributed by atoms with Crippen LogP contribution in [0, 0.1) is 13.8 Å². The molecule has 3 nitrogen and oxygen atoms in total. The SMILES string of the molecule is Cc1cc(C(C)C(=O)OC2CCCCC2)cc(C)n1. The number of hydrogen-bond acceptors (Lipinski definition) is 3. The van der Waals surface area contributed by atoms with Crippen LogP contribution in [0.4, 0.5) is 0 Å². The number of aromatic nitrogens is 1. The summed E-state index contributed by atoms with van der Waals surface area (Å²) in [5, 5.41) is 0. The summed E-state index contributed by atoms with van der Waals surface area (Å²) in [5.74, 6) is -0.306. The fraction of sp³-hybridized carbons (Fsp3) is 0.625. The minimum absolute atomic E-state index is 0.100. The van der Waals surface area contributed by atoms with Gasteiger partial charge in [0.15, 0.2) is 0 Å². The average molecular weight is 261 g/mol. The molecule has 1 aliphatic carbocycles. The minimum atomic E-state index is -0.206. The second kappa shape index (κ2) is 6.18. The van der Waals surface area contributed by atoms with Crippen molar-refractivity contribution in [1.29, 1.82) is 0 Å². The highest BCUT2D eigenvalue weighted by Crippen LogP contribution is 2.24. The van der Waals surface area contributed by atoms with Gasteiger partial charge in [0.2, 0.25) is 0 Å². The molecule has 0 spiro atoms. The second-order valence-electron chi connectivity index (χ2n) is 5.60. The minimum Gasteiger partial charge on any atom is -0.462 e. The summed E-state index contributed by atoms with van der Waals surface area (Å²) < 4.78 is 5.63. The molecule has 0 aromatic carbocycles. The number of hydrogen-bond donors (Lipinski definition) is 0. The standard InChI is InChI=1S/C16H23NO2/c1-11-9-14(10-12(2)17-11)13(3)16(18)19-15-7-5-4-6-8-15/h9-10,13,15H,4-8H2,1-3H3. The van der Waals surface area contributed by atoms with Crippen LogP contribution >= 0.6 is 0 Å². The summed E-state index contributed by atoms with van der Waals surface area (Å²) in [6, 6.07) is 3.94. The number of esters is 1. The molecule has 19 heavy (non-hydrogen) atoms. The monoisotopic (exact) mass is 261 g/mol. The van der Waals surface area contributed by atoms with Crippen molar-refractivity contribution in [3.05, 3.63) is 29.1 Å². The lowest BCUT2D eigenvalue weighted by Gasteiger charge is -2.23. The largest absolute Gasteiger partial charge is 0.462 e. The van der Waals surface area contributed by atoms with Crippen LogP contribution in [0.25, 0.3) is 0 Å². The first-order valence-corrected chi connectivity index (χ1v) is 7.22. The smallest absolute Gasteiger partial charge is 0.313 e. The van der Waals surface area contributed by atoms with Gasteiger partial charge in [-0.15, -0.1) is 0 Å². The van der Waals surface area contributed by atoms with E-state index in [4.69, 9.17) is 4.74 Å². The van der Waals surface area contributed by atoms with Crippen molar-refractivity contribution >= 4 is 5.97 Å². The number of carbonyl (C=O) groups is 1. The molecule has 2 rings (SSSR count). The number of pyridine rings is 1. The molecular formula is C16H23NO2. The summed E-state index contributed by atoms with van der Waals surface area (Å²) in [7, 11) is 0. The normalized spacial score (nSPS) is 18.1. The van der Waals surface area contributed by atoms with Crippen molar-refractivity contribution < 1.29 is 9.53 Å². The molecule has 1 fully saturated rings. The Bertz CT molecular complexity index is 430. The van der Waals surface area contributed by atoms with Crippen LogP contribution in [0.3, 0.4) is 0 Å². The van der Waals surface area contributed by atoms with Crippen molar-refractivity contribution in [1.82, 2.24) is 4.98 Å². The molecule has 1 atom stereocenters. The van der Waals surface area contributed by atoms with Gasteiger partial charge in [0.05, 0.1) is 5.92 Å². The van der Waals surface area contributed by atoms with Gasteiger partial charge in [0, 0.05) is 11.4 Å². The maximum Gasteiger partial charge on any atom is 0.313 e. The van der Waals surface area contributed by atoms with Crippen LogP contribution in [0.15, 0.2) is 12.1 Å². The Morgan fingerprint density at radius 2 is 1.79 bits per heavy atom. The van der Waals surface area contributed by atoms with Crippen LogP contribution < -0.4 is 0 Å². The summed E-state index contributed by atoms with van der Waals surface area (Å²) >= 11 is 0. The van der Waals surface area contributed by atoms with Gasteiger partial charge < -0.3 is 4.74 Å². The Labute approximate surface area is 115 Å². The lowest BCUT2D eigenvalue weighted by atomic mass is 9.97. The Balaban J connectivity index is 2.01. The third-order valence-electron chi connectivity index (χ3n) is 3.79. The third kappa shape index (κ3) is 3.79. The van der Waals surface area contributed by atoms with E-state index in [1.807, 2.05) is 32.9 Å². The molecule has 1 aromatic heterocycles. The van der Waals surface area contributed by atoms with E-state index in [1.54, 1.807) is 0 Å². The molecule has 0 saturated heterocycles. The highest BCUT2D eigenvalue weighted by Gasteiger charge is 2.23. The molecule has 1 aliphatic rings. The van der Waals surface area contributed by atoms with Gasteiger partial charge in [-0.1, -0.05) is 6.42 Å². The number of nitrogens with zero attached hydrogens (tertiary/aromatic N) is 1. The second-order valence-corrected chi connectivity index (χ2v) is 5.60. The summed E-state index contributed by atoms with van der Waals surface area (Å²) in [6.45, 7) is 5.82. The van der Waals surface area contributed by atoms with Gasteiger partial charge in [0.1, 0.15) is 6.10 Å². The molecule has 0 aliphatic heterocycles. The molecule has 104 valence electrons. The number of ether oxygens (including phenoxy) is 1. The van der Waals surface area contributed by atoms with Crippen molar-refractivity contribution in [2.75, 3.05) is 0 Å². The first-order chi connectivity index (χ1) is 9.06. The molecule has 1 aromatic rings. The van der Waals surface area contributed by atoms with Crippen molar-refractivity contribution in [3.63, 3.8) is 0 Å². The van der Waals surface area contributed by atoms with Gasteiger partial charge in [0.25, 0.3) is 0 Å². The van der Waals surface area contributed by atoms with Gasteiger partial charge in [-0.25, -0.2) is 0 Å². The molecule has 0 radical (unpaired) electrons. The fourth-order valence-corrected chi connectivity index (χ4v) is 2.70. The number of aryl methyl sites for hydroxylation is 2. The Morgan fingerprint density at radius 1 is 1.21 bits per heavy atom. The van der Waals surface area contributed by atoms with Crippen LogP contribution in [0.1, 0.15) is 61.9 Å².